The second-order valence-electron chi connectivity index (χ2n) is 6.38. The van der Waals surface area contributed by atoms with Gasteiger partial charge in [0.05, 0.1) is 5.57 Å². The number of ketones is 1. The molecule has 0 aromatic heterocycles. The SMILES string of the molecule is Cc1cc(Br)cc(C)c1C1=C(O)/C(=C/C2CCOCC2)CC1=O. The normalized spacial score (nSPS) is 21.5. The quantitative estimate of drug-likeness (QED) is 0.816. The van der Waals surface area contributed by atoms with Crippen molar-refractivity contribution in [3.8, 4) is 0 Å². The van der Waals surface area contributed by atoms with Crippen molar-refractivity contribution in [1.82, 2.24) is 0 Å². The van der Waals surface area contributed by atoms with Crippen molar-refractivity contribution in [1.29, 1.82) is 0 Å². The van der Waals surface area contributed by atoms with E-state index in [0.717, 1.165) is 52.8 Å². The van der Waals surface area contributed by atoms with Crippen LogP contribution >= 0.6 is 15.9 Å². The topological polar surface area (TPSA) is 46.5 Å². The second-order valence-corrected chi connectivity index (χ2v) is 7.30. The van der Waals surface area contributed by atoms with E-state index in [1.807, 2.05) is 26.0 Å². The van der Waals surface area contributed by atoms with Crippen LogP contribution in [0, 0.1) is 19.8 Å². The Balaban J connectivity index is 2.01. The summed E-state index contributed by atoms with van der Waals surface area (Å²) in [6.45, 7) is 5.46. The van der Waals surface area contributed by atoms with E-state index in [1.165, 1.54) is 0 Å². The lowest BCUT2D eigenvalue weighted by Gasteiger charge is -2.19. The second kappa shape index (κ2) is 6.62. The highest BCUT2D eigenvalue weighted by Gasteiger charge is 2.31. The minimum absolute atomic E-state index is 0.00864. The molecule has 1 aromatic rings. The molecule has 4 heteroatoms. The number of Topliss-reactive ketones (excluding diaryl/α,β-unsaturated/α-hetero) is 1. The number of hydrogen-bond acceptors (Lipinski definition) is 3. The highest BCUT2D eigenvalue weighted by Crippen LogP contribution is 2.38. The number of carbonyl (C=O) groups is 1. The third kappa shape index (κ3) is 3.29. The Labute approximate surface area is 145 Å². The average Bonchev–Trinajstić information content (AvgIpc) is 2.75. The summed E-state index contributed by atoms with van der Waals surface area (Å²) in [5, 5.41) is 10.7. The average molecular weight is 377 g/mol. The lowest BCUT2D eigenvalue weighted by Crippen LogP contribution is -2.14. The predicted molar refractivity (Wildman–Crippen MR) is 94.4 cm³/mol. The van der Waals surface area contributed by atoms with Gasteiger partial charge in [0, 0.05) is 24.1 Å². The number of benzene rings is 1. The van der Waals surface area contributed by atoms with Crippen LogP contribution in [0.3, 0.4) is 0 Å². The fraction of sp³-hybridized carbons (Fsp3) is 0.421. The zero-order valence-corrected chi connectivity index (χ0v) is 15.1. The number of carbonyl (C=O) groups excluding carboxylic acids is 1. The van der Waals surface area contributed by atoms with E-state index in [0.29, 0.717) is 17.9 Å². The summed E-state index contributed by atoms with van der Waals surface area (Å²) in [5.41, 5.74) is 4.12. The molecule has 23 heavy (non-hydrogen) atoms. The minimum Gasteiger partial charge on any atom is -0.507 e. The Bertz CT molecular complexity index is 686. The van der Waals surface area contributed by atoms with Crippen LogP contribution in [0.25, 0.3) is 5.57 Å². The van der Waals surface area contributed by atoms with E-state index < -0.39 is 0 Å². The van der Waals surface area contributed by atoms with Gasteiger partial charge in [0.1, 0.15) is 5.76 Å². The van der Waals surface area contributed by atoms with E-state index in [4.69, 9.17) is 4.74 Å². The monoisotopic (exact) mass is 376 g/mol. The van der Waals surface area contributed by atoms with Crippen LogP contribution in [0.1, 0.15) is 36.0 Å². The first-order valence-electron chi connectivity index (χ1n) is 7.99. The summed E-state index contributed by atoms with van der Waals surface area (Å²) >= 11 is 3.48. The van der Waals surface area contributed by atoms with Crippen LogP contribution in [0.5, 0.6) is 0 Å². The number of hydrogen-bond donors (Lipinski definition) is 1. The Hall–Kier alpha value is -1.39. The number of rotatable bonds is 2. The van der Waals surface area contributed by atoms with E-state index >= 15 is 0 Å². The fourth-order valence-corrected chi connectivity index (χ4v) is 4.19. The van der Waals surface area contributed by atoms with Gasteiger partial charge in [0.25, 0.3) is 0 Å². The number of ether oxygens (including phenoxy) is 1. The molecule has 0 bridgehead atoms. The van der Waals surface area contributed by atoms with Crippen molar-refractivity contribution in [2.24, 2.45) is 5.92 Å². The van der Waals surface area contributed by atoms with Crippen LogP contribution in [0.4, 0.5) is 0 Å². The molecular formula is C19H21BrO3. The van der Waals surface area contributed by atoms with Gasteiger partial charge in [-0.2, -0.15) is 0 Å². The Morgan fingerprint density at radius 1 is 1.22 bits per heavy atom. The Morgan fingerprint density at radius 3 is 2.43 bits per heavy atom. The summed E-state index contributed by atoms with van der Waals surface area (Å²) in [6, 6.07) is 3.96. The smallest absolute Gasteiger partial charge is 0.171 e. The van der Waals surface area contributed by atoms with Crippen LogP contribution in [-0.4, -0.2) is 24.1 Å². The molecule has 122 valence electrons. The molecule has 1 aliphatic heterocycles. The highest BCUT2D eigenvalue weighted by atomic mass is 79.9. The number of aliphatic hydroxyl groups excluding tert-OH is 1. The van der Waals surface area contributed by atoms with Gasteiger partial charge in [-0.1, -0.05) is 22.0 Å². The van der Waals surface area contributed by atoms with Gasteiger partial charge >= 0.3 is 0 Å². The summed E-state index contributed by atoms with van der Waals surface area (Å²) in [7, 11) is 0. The molecule has 3 nitrogen and oxygen atoms in total. The maximum atomic E-state index is 12.5. The number of halogens is 1. The largest absolute Gasteiger partial charge is 0.507 e. The van der Waals surface area contributed by atoms with Crippen molar-refractivity contribution in [3.05, 3.63) is 50.7 Å². The molecular weight excluding hydrogens is 356 g/mol. The molecule has 0 atom stereocenters. The summed E-state index contributed by atoms with van der Waals surface area (Å²) in [5.74, 6) is 0.560. The molecule has 1 saturated heterocycles. The summed E-state index contributed by atoms with van der Waals surface area (Å²) < 4.78 is 6.36. The fourth-order valence-electron chi connectivity index (χ4n) is 3.51. The van der Waals surface area contributed by atoms with E-state index in [-0.39, 0.29) is 11.5 Å². The van der Waals surface area contributed by atoms with Gasteiger partial charge < -0.3 is 9.84 Å². The molecule has 1 aliphatic carbocycles. The Morgan fingerprint density at radius 2 is 1.83 bits per heavy atom. The van der Waals surface area contributed by atoms with Crippen molar-refractivity contribution >= 4 is 27.3 Å². The van der Waals surface area contributed by atoms with Crippen LogP contribution in [0.15, 0.2) is 34.0 Å². The van der Waals surface area contributed by atoms with Gasteiger partial charge in [0.15, 0.2) is 5.78 Å². The zero-order chi connectivity index (χ0) is 16.6. The highest BCUT2D eigenvalue weighted by molar-refractivity contribution is 9.10. The standard InChI is InChI=1S/C19H21BrO3/c1-11-7-15(20)8-12(2)17(11)18-16(21)10-14(19(18)22)9-13-3-5-23-6-4-13/h7-9,13,22H,3-6,10H2,1-2H3/b14-9+. The molecule has 0 unspecified atom stereocenters. The third-order valence-electron chi connectivity index (χ3n) is 4.62. The molecule has 0 saturated carbocycles. The molecule has 0 spiro atoms. The van der Waals surface area contributed by atoms with E-state index in [2.05, 4.69) is 22.0 Å². The first kappa shape index (κ1) is 16.5. The molecule has 0 amide bonds. The molecule has 2 aliphatic rings. The lowest BCUT2D eigenvalue weighted by atomic mass is 9.94. The van der Waals surface area contributed by atoms with E-state index in [9.17, 15) is 9.90 Å². The van der Waals surface area contributed by atoms with Gasteiger partial charge in [-0.3, -0.25) is 4.79 Å². The summed E-state index contributed by atoms with van der Waals surface area (Å²) in [6.07, 6.45) is 4.28. The molecule has 1 aromatic carbocycles. The first-order chi connectivity index (χ1) is 11.0. The van der Waals surface area contributed by atoms with E-state index in [1.54, 1.807) is 0 Å². The molecule has 3 rings (SSSR count). The lowest BCUT2D eigenvalue weighted by molar-refractivity contribution is -0.112. The third-order valence-corrected chi connectivity index (χ3v) is 5.08. The van der Waals surface area contributed by atoms with Crippen LogP contribution in [0.2, 0.25) is 0 Å². The number of aryl methyl sites for hydroxylation is 2. The number of allylic oxidation sites excluding steroid dienone is 3. The van der Waals surface area contributed by atoms with Gasteiger partial charge in [-0.05, 0) is 67.0 Å². The van der Waals surface area contributed by atoms with Crippen LogP contribution < -0.4 is 0 Å². The minimum atomic E-state index is 0.00864. The van der Waals surface area contributed by atoms with Crippen molar-refractivity contribution in [3.63, 3.8) is 0 Å². The van der Waals surface area contributed by atoms with Crippen molar-refractivity contribution in [2.45, 2.75) is 33.1 Å². The van der Waals surface area contributed by atoms with Crippen LogP contribution in [-0.2, 0) is 9.53 Å². The van der Waals surface area contributed by atoms with Crippen molar-refractivity contribution in [2.75, 3.05) is 13.2 Å². The summed E-state index contributed by atoms with van der Waals surface area (Å²) in [4.78, 5) is 12.5. The molecule has 1 heterocycles. The van der Waals surface area contributed by atoms with Gasteiger partial charge in [-0.15, -0.1) is 0 Å². The first-order valence-corrected chi connectivity index (χ1v) is 8.79. The maximum absolute atomic E-state index is 12.5. The van der Waals surface area contributed by atoms with Gasteiger partial charge in [-0.25, -0.2) is 0 Å². The van der Waals surface area contributed by atoms with Crippen molar-refractivity contribution < 1.29 is 14.6 Å². The Kier molecular flexibility index (Phi) is 4.74. The maximum Gasteiger partial charge on any atom is 0.171 e. The predicted octanol–water partition coefficient (Wildman–Crippen LogP) is 4.66. The van der Waals surface area contributed by atoms with Gasteiger partial charge in [0.2, 0.25) is 0 Å². The molecule has 1 fully saturated rings. The molecule has 1 N–H and O–H groups in total. The molecule has 0 radical (unpaired) electrons. The number of aliphatic hydroxyl groups is 1. The zero-order valence-electron chi connectivity index (χ0n) is 13.5.